The highest BCUT2D eigenvalue weighted by atomic mass is 16.5. The molecular weight excluding hydrogens is 448 g/mol. The lowest BCUT2D eigenvalue weighted by Crippen LogP contribution is -2.65. The van der Waals surface area contributed by atoms with E-state index < -0.39 is 29.6 Å². The van der Waals surface area contributed by atoms with Crippen molar-refractivity contribution in [1.29, 1.82) is 0 Å². The molecule has 0 saturated carbocycles. The van der Waals surface area contributed by atoms with E-state index in [9.17, 15) is 19.5 Å². The second kappa shape index (κ2) is 10.5. The molecule has 1 heterocycles. The Morgan fingerprint density at radius 3 is 2.26 bits per heavy atom. The molecule has 2 aromatic carbocycles. The number of fused-ring (bicyclic) bond motifs is 3. The van der Waals surface area contributed by atoms with Gasteiger partial charge in [-0.3, -0.25) is 4.79 Å². The second-order valence-corrected chi connectivity index (χ2v) is 9.17. The minimum absolute atomic E-state index is 0.0879. The van der Waals surface area contributed by atoms with Crippen LogP contribution in [0.4, 0.5) is 4.79 Å². The second-order valence-electron chi connectivity index (χ2n) is 9.17. The molecule has 8 heteroatoms. The highest BCUT2D eigenvalue weighted by Gasteiger charge is 2.46. The molecule has 0 bridgehead atoms. The monoisotopic (exact) mass is 480 g/mol. The highest BCUT2D eigenvalue weighted by Crippen LogP contribution is 2.44. The molecule has 2 amide bonds. The summed E-state index contributed by atoms with van der Waals surface area (Å²) in [5.41, 5.74) is 3.02. The van der Waals surface area contributed by atoms with Gasteiger partial charge in [0.2, 0.25) is 0 Å². The molecule has 0 spiro atoms. The molecule has 186 valence electrons. The molecule has 8 nitrogen and oxygen atoms in total. The fourth-order valence-electron chi connectivity index (χ4n) is 5.28. The third kappa shape index (κ3) is 4.75. The molecule has 1 fully saturated rings. The lowest BCUT2D eigenvalue weighted by molar-refractivity contribution is -0.156. The smallest absolute Gasteiger partial charge is 0.408 e. The van der Waals surface area contributed by atoms with E-state index in [1.54, 1.807) is 6.92 Å². The summed E-state index contributed by atoms with van der Waals surface area (Å²) in [6.07, 6.45) is 1.34. The fourth-order valence-corrected chi connectivity index (χ4v) is 5.28. The van der Waals surface area contributed by atoms with Gasteiger partial charge in [-0.05, 0) is 47.9 Å². The highest BCUT2D eigenvalue weighted by molar-refractivity contribution is 5.93. The Morgan fingerprint density at radius 1 is 1.06 bits per heavy atom. The molecule has 2 atom stereocenters. The van der Waals surface area contributed by atoms with E-state index in [4.69, 9.17) is 9.47 Å². The molecule has 1 aliphatic carbocycles. The summed E-state index contributed by atoms with van der Waals surface area (Å²) in [5, 5.41) is 12.4. The molecule has 2 N–H and O–H groups in total. The third-order valence-corrected chi connectivity index (χ3v) is 7.14. The predicted octanol–water partition coefficient (Wildman–Crippen LogP) is 3.79. The zero-order valence-electron chi connectivity index (χ0n) is 20.2. The Morgan fingerprint density at radius 2 is 1.69 bits per heavy atom. The van der Waals surface area contributed by atoms with E-state index in [1.165, 1.54) is 12.0 Å². The fraction of sp³-hybridized carbons (Fsp3) is 0.444. The Bertz CT molecular complexity index is 1060. The van der Waals surface area contributed by atoms with Gasteiger partial charge in [0, 0.05) is 19.6 Å². The number of rotatable bonds is 8. The van der Waals surface area contributed by atoms with Crippen molar-refractivity contribution in [2.75, 3.05) is 26.9 Å². The van der Waals surface area contributed by atoms with Gasteiger partial charge in [0.15, 0.2) is 0 Å². The number of hydrogen-bond donors (Lipinski definition) is 2. The number of likely N-dealkylation sites (tertiary alicyclic amines) is 1. The van der Waals surface area contributed by atoms with Crippen molar-refractivity contribution in [3.05, 3.63) is 59.7 Å². The van der Waals surface area contributed by atoms with Crippen LogP contribution in [0.1, 0.15) is 49.7 Å². The van der Waals surface area contributed by atoms with Gasteiger partial charge in [-0.25, -0.2) is 9.59 Å². The van der Waals surface area contributed by atoms with E-state index in [2.05, 4.69) is 17.4 Å². The molecule has 2 aromatic rings. The number of methoxy groups -OCH3 is 1. The average Bonchev–Trinajstić information content (AvgIpc) is 3.20. The largest absolute Gasteiger partial charge is 0.480 e. The zero-order chi connectivity index (χ0) is 25.0. The maximum Gasteiger partial charge on any atom is 0.408 e. The molecule has 0 aromatic heterocycles. The summed E-state index contributed by atoms with van der Waals surface area (Å²) >= 11 is 0. The van der Waals surface area contributed by atoms with Gasteiger partial charge in [0.25, 0.3) is 5.91 Å². The average molecular weight is 481 g/mol. The first-order valence-corrected chi connectivity index (χ1v) is 12.1. The quantitative estimate of drug-likeness (QED) is 0.596. The lowest BCUT2D eigenvalue weighted by Gasteiger charge is -2.40. The van der Waals surface area contributed by atoms with Crippen LogP contribution in [0.15, 0.2) is 48.5 Å². The number of ether oxygens (including phenoxy) is 2. The van der Waals surface area contributed by atoms with Crippen molar-refractivity contribution in [1.82, 2.24) is 10.2 Å². The Kier molecular flexibility index (Phi) is 7.40. The van der Waals surface area contributed by atoms with Crippen molar-refractivity contribution in [2.24, 2.45) is 0 Å². The number of carboxylic acids is 1. The topological polar surface area (TPSA) is 105 Å². The number of alkyl carbamates (subject to hydrolysis) is 1. The minimum atomic E-state index is -1.41. The van der Waals surface area contributed by atoms with E-state index >= 15 is 0 Å². The first kappa shape index (κ1) is 24.7. The summed E-state index contributed by atoms with van der Waals surface area (Å²) < 4.78 is 11.0. The van der Waals surface area contributed by atoms with Crippen LogP contribution < -0.4 is 5.32 Å². The number of hydrogen-bond acceptors (Lipinski definition) is 5. The van der Waals surface area contributed by atoms with Gasteiger partial charge in [-0.15, -0.1) is 0 Å². The zero-order valence-corrected chi connectivity index (χ0v) is 20.2. The van der Waals surface area contributed by atoms with E-state index in [1.807, 2.05) is 36.4 Å². The van der Waals surface area contributed by atoms with Gasteiger partial charge < -0.3 is 24.8 Å². The number of benzene rings is 2. The van der Waals surface area contributed by atoms with E-state index in [-0.39, 0.29) is 25.6 Å². The van der Waals surface area contributed by atoms with Crippen LogP contribution in [0.2, 0.25) is 0 Å². The van der Waals surface area contributed by atoms with Crippen LogP contribution in [0.5, 0.6) is 0 Å². The van der Waals surface area contributed by atoms with Crippen LogP contribution in [0.3, 0.4) is 0 Å². The molecule has 1 unspecified atom stereocenters. The van der Waals surface area contributed by atoms with Crippen molar-refractivity contribution in [3.8, 4) is 11.1 Å². The molecule has 1 aliphatic heterocycles. The number of carboxylic acid groups (broad SMARTS) is 1. The van der Waals surface area contributed by atoms with Gasteiger partial charge >= 0.3 is 12.1 Å². The Balaban J connectivity index is 1.51. The first-order valence-electron chi connectivity index (χ1n) is 12.1. The van der Waals surface area contributed by atoms with E-state index in [0.717, 1.165) is 28.7 Å². The summed E-state index contributed by atoms with van der Waals surface area (Å²) in [4.78, 5) is 39.7. The van der Waals surface area contributed by atoms with Crippen LogP contribution in [0.25, 0.3) is 11.1 Å². The van der Waals surface area contributed by atoms with Crippen molar-refractivity contribution < 1.29 is 29.0 Å². The number of carbonyl (C=O) groups is 3. The van der Waals surface area contributed by atoms with Crippen molar-refractivity contribution in [3.63, 3.8) is 0 Å². The van der Waals surface area contributed by atoms with Crippen molar-refractivity contribution >= 4 is 18.0 Å². The van der Waals surface area contributed by atoms with Gasteiger partial charge in [-0.1, -0.05) is 55.5 Å². The van der Waals surface area contributed by atoms with Gasteiger partial charge in [-0.2, -0.15) is 0 Å². The number of aliphatic carboxylic acids is 1. The molecule has 35 heavy (non-hydrogen) atoms. The number of amides is 2. The third-order valence-electron chi connectivity index (χ3n) is 7.14. The lowest BCUT2D eigenvalue weighted by atomic mass is 9.92. The minimum Gasteiger partial charge on any atom is -0.480 e. The van der Waals surface area contributed by atoms with Crippen LogP contribution in [0, 0.1) is 0 Å². The summed E-state index contributed by atoms with van der Waals surface area (Å²) in [6, 6.07) is 15.2. The Labute approximate surface area is 205 Å². The molecular formula is C27H32N2O6. The maximum absolute atomic E-state index is 13.6. The standard InChI is InChI=1S/C27H32N2O6/c1-3-27(17-34-2,25(32)29-15-9-8-14-23(29)24(30)31)28-26(33)35-16-22-20-12-6-4-10-18(20)19-11-5-7-13-21(19)22/h4-7,10-13,22-23H,3,8-9,14-17H2,1-2H3,(H,28,33)(H,30,31)/t23-,27?/m0/s1. The van der Waals surface area contributed by atoms with Crippen LogP contribution >= 0.6 is 0 Å². The normalized spacial score (nSPS) is 18.8. The van der Waals surface area contributed by atoms with Crippen LogP contribution in [-0.2, 0) is 19.1 Å². The summed E-state index contributed by atoms with van der Waals surface area (Å²) in [5.74, 6) is -1.61. The van der Waals surface area contributed by atoms with Crippen molar-refractivity contribution in [2.45, 2.75) is 50.1 Å². The van der Waals surface area contributed by atoms with E-state index in [0.29, 0.717) is 19.4 Å². The summed E-state index contributed by atoms with van der Waals surface area (Å²) in [7, 11) is 1.45. The van der Waals surface area contributed by atoms with Gasteiger partial charge in [0.05, 0.1) is 6.61 Å². The molecule has 0 radical (unpaired) electrons. The molecule has 4 rings (SSSR count). The number of carbonyl (C=O) groups excluding carboxylic acids is 2. The van der Waals surface area contributed by atoms with Crippen LogP contribution in [-0.4, -0.2) is 66.4 Å². The molecule has 2 aliphatic rings. The van der Waals surface area contributed by atoms with Gasteiger partial charge in [0.1, 0.15) is 18.2 Å². The SMILES string of the molecule is CCC(COC)(NC(=O)OCC1c2ccccc2-c2ccccc21)C(=O)N1CCCC[C@H]1C(=O)O. The Hall–Kier alpha value is -3.39. The first-order chi connectivity index (χ1) is 16.9. The number of piperidine rings is 1. The summed E-state index contributed by atoms with van der Waals surface area (Å²) in [6.45, 7) is 2.12. The number of nitrogens with one attached hydrogen (secondary N) is 1. The number of nitrogens with zero attached hydrogens (tertiary/aromatic N) is 1. The molecule has 1 saturated heterocycles. The maximum atomic E-state index is 13.6. The predicted molar refractivity (Wildman–Crippen MR) is 130 cm³/mol.